The van der Waals surface area contributed by atoms with E-state index in [0.29, 0.717) is 5.88 Å². The van der Waals surface area contributed by atoms with Crippen molar-refractivity contribution in [3.8, 4) is 0 Å². The number of hydrogen-bond acceptors (Lipinski definition) is 3. The normalized spacial score (nSPS) is 16.9. The second kappa shape index (κ2) is 5.78. The Bertz CT molecular complexity index is 786. The summed E-state index contributed by atoms with van der Waals surface area (Å²) in [4.78, 5) is 18.3. The smallest absolute Gasteiger partial charge is 0.250 e. The van der Waals surface area contributed by atoms with Crippen LogP contribution < -0.4 is 9.80 Å². The molecule has 0 bridgehead atoms. The van der Waals surface area contributed by atoms with Crippen molar-refractivity contribution in [1.29, 1.82) is 0 Å². The molecule has 0 fully saturated rings. The van der Waals surface area contributed by atoms with Crippen LogP contribution in [0.3, 0.4) is 0 Å². The summed E-state index contributed by atoms with van der Waals surface area (Å²) in [5, 5.41) is 0. The van der Waals surface area contributed by atoms with Crippen LogP contribution >= 0.6 is 11.8 Å². The molecule has 0 aliphatic carbocycles. The van der Waals surface area contributed by atoms with Crippen molar-refractivity contribution >= 4 is 35.1 Å². The summed E-state index contributed by atoms with van der Waals surface area (Å²) in [5.41, 5.74) is 3.35. The van der Waals surface area contributed by atoms with Crippen LogP contribution in [-0.2, 0) is 4.79 Å². The molecule has 1 unspecified atom stereocenters. The number of benzene rings is 2. The summed E-state index contributed by atoms with van der Waals surface area (Å²) in [5.74, 6) is 0.862. The third-order valence-corrected chi connectivity index (χ3v) is 5.49. The van der Waals surface area contributed by atoms with Gasteiger partial charge >= 0.3 is 0 Å². The largest absolute Gasteiger partial charge is 0.356 e. The number of amides is 1. The van der Waals surface area contributed by atoms with E-state index in [1.54, 1.807) is 11.8 Å². The fraction of sp³-hybridized carbons (Fsp3) is 0.211. The van der Waals surface area contributed by atoms with E-state index in [1.165, 1.54) is 10.5 Å². The number of anilines is 2. The zero-order valence-corrected chi connectivity index (χ0v) is 13.8. The first kappa shape index (κ1) is 14.4. The minimum Gasteiger partial charge on any atom is -0.356 e. The van der Waals surface area contributed by atoms with E-state index in [4.69, 9.17) is 0 Å². The molecule has 2 aromatic carbocycles. The van der Waals surface area contributed by atoms with E-state index in [2.05, 4.69) is 35.3 Å². The predicted octanol–water partition coefficient (Wildman–Crippen LogP) is 4.00. The Labute approximate surface area is 140 Å². The van der Waals surface area contributed by atoms with Crippen LogP contribution in [0.1, 0.15) is 12.5 Å². The molecule has 2 aromatic rings. The Morgan fingerprint density at radius 2 is 1.83 bits per heavy atom. The SMILES string of the molecule is CC(C(=O)N1CSc2ccccc21)N1CC=Cc2ccccc21. The fourth-order valence-corrected chi connectivity index (χ4v) is 4.23. The van der Waals surface area contributed by atoms with Gasteiger partial charge in [-0.3, -0.25) is 9.69 Å². The molecule has 1 amide bonds. The predicted molar refractivity (Wildman–Crippen MR) is 96.9 cm³/mol. The van der Waals surface area contributed by atoms with Gasteiger partial charge in [0, 0.05) is 17.1 Å². The van der Waals surface area contributed by atoms with Gasteiger partial charge in [-0.1, -0.05) is 42.5 Å². The van der Waals surface area contributed by atoms with E-state index >= 15 is 0 Å². The quantitative estimate of drug-likeness (QED) is 0.835. The Kier molecular flexibility index (Phi) is 3.62. The van der Waals surface area contributed by atoms with E-state index in [1.807, 2.05) is 42.2 Å². The second-order valence-electron chi connectivity index (χ2n) is 5.80. The molecule has 3 nitrogen and oxygen atoms in total. The van der Waals surface area contributed by atoms with Gasteiger partial charge < -0.3 is 4.90 Å². The highest BCUT2D eigenvalue weighted by atomic mass is 32.2. The van der Waals surface area contributed by atoms with Crippen molar-refractivity contribution in [3.63, 3.8) is 0 Å². The molecule has 0 saturated carbocycles. The molecule has 2 aliphatic rings. The second-order valence-corrected chi connectivity index (χ2v) is 6.78. The van der Waals surface area contributed by atoms with Crippen molar-refractivity contribution in [3.05, 3.63) is 60.2 Å². The standard InChI is InChI=1S/C19H18N2OS/c1-14(20-12-6-8-15-7-2-3-9-16(15)20)19(22)21-13-23-18-11-5-4-10-17(18)21/h2-11,14H,12-13H2,1H3. The monoisotopic (exact) mass is 322 g/mol. The average Bonchev–Trinajstić information content (AvgIpc) is 3.04. The molecule has 0 N–H and O–H groups in total. The molecule has 0 saturated heterocycles. The molecule has 0 spiro atoms. The lowest BCUT2D eigenvalue weighted by Gasteiger charge is -2.34. The summed E-state index contributed by atoms with van der Waals surface area (Å²) in [6.07, 6.45) is 4.25. The number of thioether (sulfide) groups is 1. The summed E-state index contributed by atoms with van der Waals surface area (Å²) in [7, 11) is 0. The molecule has 116 valence electrons. The van der Waals surface area contributed by atoms with Crippen molar-refractivity contribution in [1.82, 2.24) is 0 Å². The van der Waals surface area contributed by atoms with Gasteiger partial charge in [-0.15, -0.1) is 11.8 Å². The van der Waals surface area contributed by atoms with Crippen LogP contribution in [0.25, 0.3) is 6.08 Å². The van der Waals surface area contributed by atoms with Crippen LogP contribution in [0.5, 0.6) is 0 Å². The number of para-hydroxylation sites is 2. The lowest BCUT2D eigenvalue weighted by Crippen LogP contribution is -2.47. The lowest BCUT2D eigenvalue weighted by molar-refractivity contribution is -0.119. The topological polar surface area (TPSA) is 23.6 Å². The molecule has 23 heavy (non-hydrogen) atoms. The maximum absolute atomic E-state index is 13.1. The summed E-state index contributed by atoms with van der Waals surface area (Å²) in [6, 6.07) is 16.2. The third-order valence-electron chi connectivity index (χ3n) is 4.44. The first-order valence-corrected chi connectivity index (χ1v) is 8.79. The van der Waals surface area contributed by atoms with Gasteiger partial charge in [0.2, 0.25) is 5.91 Å². The summed E-state index contributed by atoms with van der Waals surface area (Å²) in [6.45, 7) is 2.77. The van der Waals surface area contributed by atoms with Crippen molar-refractivity contribution < 1.29 is 4.79 Å². The van der Waals surface area contributed by atoms with E-state index in [9.17, 15) is 4.79 Å². The van der Waals surface area contributed by atoms with Crippen LogP contribution in [0.15, 0.2) is 59.5 Å². The summed E-state index contributed by atoms with van der Waals surface area (Å²) >= 11 is 1.73. The molecule has 2 heterocycles. The molecule has 0 radical (unpaired) electrons. The van der Waals surface area contributed by atoms with E-state index < -0.39 is 0 Å². The van der Waals surface area contributed by atoms with E-state index in [-0.39, 0.29) is 11.9 Å². The number of fused-ring (bicyclic) bond motifs is 2. The van der Waals surface area contributed by atoms with Gasteiger partial charge in [-0.2, -0.15) is 0 Å². The number of hydrogen-bond donors (Lipinski definition) is 0. The lowest BCUT2D eigenvalue weighted by atomic mass is 10.1. The minimum atomic E-state index is -0.187. The third kappa shape index (κ3) is 2.43. The van der Waals surface area contributed by atoms with Crippen LogP contribution in [0.2, 0.25) is 0 Å². The van der Waals surface area contributed by atoms with Gasteiger partial charge in [0.15, 0.2) is 0 Å². The highest BCUT2D eigenvalue weighted by molar-refractivity contribution is 8.00. The molecule has 1 atom stereocenters. The van der Waals surface area contributed by atoms with Crippen molar-refractivity contribution in [2.24, 2.45) is 0 Å². The van der Waals surface area contributed by atoms with Crippen LogP contribution in [0.4, 0.5) is 11.4 Å². The van der Waals surface area contributed by atoms with Gasteiger partial charge in [0.1, 0.15) is 6.04 Å². The fourth-order valence-electron chi connectivity index (χ4n) is 3.20. The molecule has 4 rings (SSSR count). The van der Waals surface area contributed by atoms with Crippen molar-refractivity contribution in [2.75, 3.05) is 22.2 Å². The molecular formula is C19H18N2OS. The van der Waals surface area contributed by atoms with Gasteiger partial charge in [-0.05, 0) is 30.7 Å². The minimum absolute atomic E-state index is 0.160. The number of carbonyl (C=O) groups excluding carboxylic acids is 1. The first-order valence-electron chi connectivity index (χ1n) is 7.81. The summed E-state index contributed by atoms with van der Waals surface area (Å²) < 4.78 is 0. The van der Waals surface area contributed by atoms with E-state index in [0.717, 1.165) is 17.9 Å². The molecular weight excluding hydrogens is 304 g/mol. The highest BCUT2D eigenvalue weighted by Crippen LogP contribution is 2.39. The first-order chi connectivity index (χ1) is 11.3. The van der Waals surface area contributed by atoms with Gasteiger partial charge in [0.25, 0.3) is 0 Å². The van der Waals surface area contributed by atoms with Gasteiger partial charge in [-0.25, -0.2) is 0 Å². The Balaban J connectivity index is 1.62. The maximum Gasteiger partial charge on any atom is 0.250 e. The number of nitrogens with zero attached hydrogens (tertiary/aromatic N) is 2. The zero-order valence-electron chi connectivity index (χ0n) is 13.0. The van der Waals surface area contributed by atoms with Crippen LogP contribution in [0, 0.1) is 0 Å². The molecule has 4 heteroatoms. The Morgan fingerprint density at radius 3 is 2.70 bits per heavy atom. The number of rotatable bonds is 2. The van der Waals surface area contributed by atoms with Crippen molar-refractivity contribution in [2.45, 2.75) is 17.9 Å². The zero-order chi connectivity index (χ0) is 15.8. The number of carbonyl (C=O) groups is 1. The molecule has 0 aromatic heterocycles. The Hall–Kier alpha value is -2.20. The van der Waals surface area contributed by atoms with Crippen LogP contribution in [-0.4, -0.2) is 24.4 Å². The molecule has 2 aliphatic heterocycles. The highest BCUT2D eigenvalue weighted by Gasteiger charge is 2.32. The Morgan fingerprint density at radius 1 is 1.09 bits per heavy atom. The van der Waals surface area contributed by atoms with Gasteiger partial charge in [0.05, 0.1) is 11.6 Å². The average molecular weight is 322 g/mol. The maximum atomic E-state index is 13.1.